The highest BCUT2D eigenvalue weighted by Gasteiger charge is 2.11. The second-order valence-corrected chi connectivity index (χ2v) is 2.16. The molecular formula is C9H8O. The van der Waals surface area contributed by atoms with Gasteiger partial charge in [-0.1, -0.05) is 24.3 Å². The van der Waals surface area contributed by atoms with Gasteiger partial charge in [0.05, 0.1) is 5.92 Å². The second kappa shape index (κ2) is 3.03. The van der Waals surface area contributed by atoms with Crippen LogP contribution in [0.5, 0.6) is 0 Å². The fourth-order valence-corrected chi connectivity index (χ4v) is 0.882. The van der Waals surface area contributed by atoms with Gasteiger partial charge in [0.2, 0.25) is 5.78 Å². The molecule has 0 bridgehead atoms. The molecule has 0 fully saturated rings. The third-order valence-electron chi connectivity index (χ3n) is 1.46. The van der Waals surface area contributed by atoms with Gasteiger partial charge in [-0.3, -0.25) is 4.79 Å². The molecule has 10 heavy (non-hydrogen) atoms. The Hall–Kier alpha value is -1.29. The van der Waals surface area contributed by atoms with Crippen LogP contribution in [0.4, 0.5) is 0 Å². The van der Waals surface area contributed by atoms with Crippen LogP contribution in [-0.2, 0) is 4.79 Å². The van der Waals surface area contributed by atoms with Crippen molar-refractivity contribution >= 4 is 5.78 Å². The number of carbonyl (C=O) groups is 1. The third-order valence-corrected chi connectivity index (χ3v) is 1.46. The van der Waals surface area contributed by atoms with E-state index in [0.29, 0.717) is 0 Å². The first-order valence-electron chi connectivity index (χ1n) is 3.18. The quantitative estimate of drug-likeness (QED) is 0.388. The zero-order valence-electron chi connectivity index (χ0n) is 5.58. The molecule has 0 saturated heterocycles. The summed E-state index contributed by atoms with van der Waals surface area (Å²) in [6, 6.07) is 0. The van der Waals surface area contributed by atoms with Crippen LogP contribution >= 0.6 is 0 Å². The summed E-state index contributed by atoms with van der Waals surface area (Å²) < 4.78 is 0. The van der Waals surface area contributed by atoms with Crippen molar-refractivity contribution in [3.8, 4) is 12.3 Å². The lowest BCUT2D eigenvalue weighted by Gasteiger charge is -2.05. The van der Waals surface area contributed by atoms with Crippen LogP contribution in [0.15, 0.2) is 24.3 Å². The summed E-state index contributed by atoms with van der Waals surface area (Å²) in [5, 5.41) is 0. The monoisotopic (exact) mass is 132 g/mol. The van der Waals surface area contributed by atoms with E-state index >= 15 is 0 Å². The number of terminal acetylenes is 1. The van der Waals surface area contributed by atoms with Gasteiger partial charge in [0.25, 0.3) is 0 Å². The van der Waals surface area contributed by atoms with E-state index in [1.807, 2.05) is 24.3 Å². The zero-order chi connectivity index (χ0) is 7.40. The fraction of sp³-hybridized carbons (Fsp3) is 0.222. The molecule has 0 aromatic heterocycles. The molecule has 0 heterocycles. The van der Waals surface area contributed by atoms with Crippen molar-refractivity contribution < 1.29 is 4.79 Å². The number of carbonyl (C=O) groups excluding carboxylic acids is 1. The van der Waals surface area contributed by atoms with Gasteiger partial charge in [-0.2, -0.15) is 0 Å². The SMILES string of the molecule is C#CC(=O)C1C=CC=CC1. The molecule has 1 unspecified atom stereocenters. The Morgan fingerprint density at radius 3 is 2.90 bits per heavy atom. The van der Waals surface area contributed by atoms with Crippen molar-refractivity contribution in [1.82, 2.24) is 0 Å². The van der Waals surface area contributed by atoms with Gasteiger partial charge in [-0.25, -0.2) is 0 Å². The van der Waals surface area contributed by atoms with Crippen molar-refractivity contribution in [3.05, 3.63) is 24.3 Å². The maximum absolute atomic E-state index is 10.8. The van der Waals surface area contributed by atoms with Crippen molar-refractivity contribution in [3.63, 3.8) is 0 Å². The minimum atomic E-state index is -0.124. The summed E-state index contributed by atoms with van der Waals surface area (Å²) >= 11 is 0. The van der Waals surface area contributed by atoms with E-state index in [-0.39, 0.29) is 11.7 Å². The molecule has 0 N–H and O–H groups in total. The molecule has 0 radical (unpaired) electrons. The number of ketones is 1. The maximum Gasteiger partial charge on any atom is 0.212 e. The lowest BCUT2D eigenvalue weighted by atomic mass is 9.97. The van der Waals surface area contributed by atoms with Crippen LogP contribution in [0.3, 0.4) is 0 Å². The topological polar surface area (TPSA) is 17.1 Å². The predicted octanol–water partition coefficient (Wildman–Crippen LogP) is 1.32. The molecule has 0 spiro atoms. The Morgan fingerprint density at radius 1 is 1.60 bits per heavy atom. The Kier molecular flexibility index (Phi) is 2.07. The van der Waals surface area contributed by atoms with Crippen LogP contribution in [0.1, 0.15) is 6.42 Å². The molecule has 0 aliphatic heterocycles. The lowest BCUT2D eigenvalue weighted by Crippen LogP contribution is -2.09. The Bertz CT molecular complexity index is 228. The molecule has 1 aliphatic carbocycles. The standard InChI is InChI=1S/C9H8O/c1-2-9(10)8-6-4-3-5-7-8/h1,3-6,8H,7H2. The molecule has 1 aliphatic rings. The summed E-state index contributed by atoms with van der Waals surface area (Å²) in [6.45, 7) is 0. The predicted molar refractivity (Wildman–Crippen MR) is 40.2 cm³/mol. The molecule has 1 nitrogen and oxygen atoms in total. The van der Waals surface area contributed by atoms with Crippen LogP contribution in [0.2, 0.25) is 0 Å². The first-order valence-corrected chi connectivity index (χ1v) is 3.18. The molecule has 0 amide bonds. The Balaban J connectivity index is 2.61. The molecule has 1 atom stereocenters. The average molecular weight is 132 g/mol. The van der Waals surface area contributed by atoms with Gasteiger partial charge in [-0.05, 0) is 12.3 Å². The number of rotatable bonds is 1. The molecule has 1 rings (SSSR count). The summed E-state index contributed by atoms with van der Waals surface area (Å²) in [5.74, 6) is 1.91. The van der Waals surface area contributed by atoms with Crippen molar-refractivity contribution in [2.75, 3.05) is 0 Å². The molecular weight excluding hydrogens is 124 g/mol. The maximum atomic E-state index is 10.8. The van der Waals surface area contributed by atoms with E-state index in [1.165, 1.54) is 0 Å². The number of hydrogen-bond acceptors (Lipinski definition) is 1. The number of hydrogen-bond donors (Lipinski definition) is 0. The minimum absolute atomic E-state index is 0.0741. The smallest absolute Gasteiger partial charge is 0.212 e. The highest BCUT2D eigenvalue weighted by Crippen LogP contribution is 2.11. The first-order chi connectivity index (χ1) is 4.84. The van der Waals surface area contributed by atoms with Gasteiger partial charge in [-0.15, -0.1) is 6.42 Å². The average Bonchev–Trinajstić information content (AvgIpc) is 2.05. The van der Waals surface area contributed by atoms with E-state index in [4.69, 9.17) is 6.42 Å². The van der Waals surface area contributed by atoms with Crippen molar-refractivity contribution in [2.45, 2.75) is 6.42 Å². The zero-order valence-corrected chi connectivity index (χ0v) is 5.58. The van der Waals surface area contributed by atoms with E-state index < -0.39 is 0 Å². The normalized spacial score (nSPS) is 22.1. The molecule has 0 aromatic carbocycles. The summed E-state index contributed by atoms with van der Waals surface area (Å²) in [5.41, 5.74) is 0. The highest BCUT2D eigenvalue weighted by molar-refractivity contribution is 5.98. The van der Waals surface area contributed by atoms with Gasteiger partial charge in [0, 0.05) is 0 Å². The first kappa shape index (κ1) is 6.82. The fourth-order valence-electron chi connectivity index (χ4n) is 0.882. The third kappa shape index (κ3) is 1.35. The highest BCUT2D eigenvalue weighted by atomic mass is 16.1. The van der Waals surface area contributed by atoms with Crippen LogP contribution in [0.25, 0.3) is 0 Å². The number of allylic oxidation sites excluding steroid dienone is 4. The largest absolute Gasteiger partial charge is 0.284 e. The van der Waals surface area contributed by atoms with Crippen LogP contribution < -0.4 is 0 Å². The van der Waals surface area contributed by atoms with Gasteiger partial charge < -0.3 is 0 Å². The summed E-state index contributed by atoms with van der Waals surface area (Å²) in [6.07, 6.45) is 13.2. The molecule has 0 saturated carbocycles. The van der Waals surface area contributed by atoms with E-state index in [0.717, 1.165) is 6.42 Å². The van der Waals surface area contributed by atoms with Gasteiger partial charge >= 0.3 is 0 Å². The summed E-state index contributed by atoms with van der Waals surface area (Å²) in [7, 11) is 0. The van der Waals surface area contributed by atoms with Gasteiger partial charge in [0.1, 0.15) is 0 Å². The second-order valence-electron chi connectivity index (χ2n) is 2.16. The van der Waals surface area contributed by atoms with E-state index in [1.54, 1.807) is 0 Å². The lowest BCUT2D eigenvalue weighted by molar-refractivity contribution is -0.116. The van der Waals surface area contributed by atoms with Crippen molar-refractivity contribution in [2.24, 2.45) is 5.92 Å². The number of Topliss-reactive ketones (excluding diaryl/α,β-unsaturated/α-hetero) is 1. The molecule has 1 heteroatoms. The molecule has 50 valence electrons. The van der Waals surface area contributed by atoms with Gasteiger partial charge in [0.15, 0.2) is 0 Å². The van der Waals surface area contributed by atoms with E-state index in [9.17, 15) is 4.79 Å². The van der Waals surface area contributed by atoms with Crippen LogP contribution in [-0.4, -0.2) is 5.78 Å². The Morgan fingerprint density at radius 2 is 2.40 bits per heavy atom. The molecule has 0 aromatic rings. The minimum Gasteiger partial charge on any atom is -0.284 e. The summed E-state index contributed by atoms with van der Waals surface area (Å²) in [4.78, 5) is 10.8. The van der Waals surface area contributed by atoms with Crippen LogP contribution in [0, 0.1) is 18.3 Å². The van der Waals surface area contributed by atoms with E-state index in [2.05, 4.69) is 5.92 Å². The van der Waals surface area contributed by atoms with Crippen molar-refractivity contribution in [1.29, 1.82) is 0 Å². The Labute approximate surface area is 60.4 Å².